The predicted octanol–water partition coefficient (Wildman–Crippen LogP) is 6.01. The number of nitrogens with zero attached hydrogens (tertiary/aromatic N) is 1. The van der Waals surface area contributed by atoms with Crippen molar-refractivity contribution in [3.05, 3.63) is 119 Å². The summed E-state index contributed by atoms with van der Waals surface area (Å²) in [6.45, 7) is 3.55. The number of ether oxygens (including phenoxy) is 3. The van der Waals surface area contributed by atoms with Gasteiger partial charge in [-0.2, -0.15) is 0 Å². The first-order chi connectivity index (χ1) is 25.1. The van der Waals surface area contributed by atoms with Gasteiger partial charge in [-0.25, -0.2) is 4.79 Å². The largest absolute Gasteiger partial charge is 0.506 e. The van der Waals surface area contributed by atoms with Crippen LogP contribution in [0.3, 0.4) is 0 Å². The number of phenolic OH excluding ortho intramolecular Hbond substituents is 1. The fraction of sp³-hybridized carbons (Fsp3) is 0.317. The van der Waals surface area contributed by atoms with Gasteiger partial charge in [0.05, 0.1) is 44.5 Å². The maximum Gasteiger partial charge on any atom is 0.411 e. The number of likely N-dealkylation sites (tertiary alicyclic amines) is 1. The van der Waals surface area contributed by atoms with Crippen molar-refractivity contribution in [2.45, 2.75) is 31.5 Å². The van der Waals surface area contributed by atoms with E-state index in [2.05, 4.69) is 29.7 Å². The highest BCUT2D eigenvalue weighted by molar-refractivity contribution is 5.92. The molecule has 272 valence electrons. The van der Waals surface area contributed by atoms with Crippen molar-refractivity contribution in [2.75, 3.05) is 58.8 Å². The number of aliphatic hydroxyl groups is 1. The molecule has 0 aliphatic carbocycles. The van der Waals surface area contributed by atoms with Crippen LogP contribution in [-0.4, -0.2) is 85.4 Å². The molecule has 5 N–H and O–H groups in total. The number of pyridine rings is 1. The van der Waals surface area contributed by atoms with Gasteiger partial charge in [-0.1, -0.05) is 48.5 Å². The number of hydrogen-bond donors (Lipinski definition) is 5. The van der Waals surface area contributed by atoms with E-state index in [4.69, 9.17) is 14.2 Å². The minimum Gasteiger partial charge on any atom is -0.506 e. The molecular weight excluding hydrogens is 660 g/mol. The first-order valence-electron chi connectivity index (χ1n) is 17.7. The van der Waals surface area contributed by atoms with E-state index in [1.807, 2.05) is 72.8 Å². The third-order valence-electron chi connectivity index (χ3n) is 9.44. The Balaban J connectivity index is 0.956. The predicted molar refractivity (Wildman–Crippen MR) is 202 cm³/mol. The second-order valence-electron chi connectivity index (χ2n) is 13.8. The molecule has 1 aromatic heterocycles. The van der Waals surface area contributed by atoms with E-state index in [9.17, 15) is 19.8 Å². The highest BCUT2D eigenvalue weighted by Gasteiger charge is 2.28. The second kappa shape index (κ2) is 16.8. The number of amides is 1. The SMILES string of the molecule is C[N+]1(C)CCC(OC(=O)Nc2cc(OCCOc3ccc(CCNC[C@@H](O)c4ccc(O)c5[nH]c(=O)ccc45)cc3)ccc2-c2ccccc2)CC1. The molecule has 1 amide bonds. The molecule has 0 radical (unpaired) electrons. The summed E-state index contributed by atoms with van der Waals surface area (Å²) in [5, 5.41) is 27.7. The highest BCUT2D eigenvalue weighted by Crippen LogP contribution is 2.32. The minimum absolute atomic E-state index is 0.0364. The van der Waals surface area contributed by atoms with Gasteiger partial charge in [0.2, 0.25) is 5.56 Å². The van der Waals surface area contributed by atoms with Gasteiger partial charge >= 0.3 is 6.09 Å². The Hall–Kier alpha value is -5.36. The van der Waals surface area contributed by atoms with Crippen LogP contribution in [0.25, 0.3) is 22.0 Å². The van der Waals surface area contributed by atoms with Gasteiger partial charge < -0.3 is 39.2 Å². The van der Waals surface area contributed by atoms with Gasteiger partial charge in [0.1, 0.15) is 36.6 Å². The Morgan fingerprint density at radius 3 is 2.37 bits per heavy atom. The first kappa shape index (κ1) is 36.4. The van der Waals surface area contributed by atoms with E-state index in [0.717, 1.165) is 59.3 Å². The van der Waals surface area contributed by atoms with E-state index in [-0.39, 0.29) is 17.4 Å². The molecule has 1 fully saturated rings. The Kier molecular flexibility index (Phi) is 11.8. The number of anilines is 1. The number of H-pyrrole nitrogens is 1. The molecule has 1 aliphatic rings. The maximum atomic E-state index is 13.0. The van der Waals surface area contributed by atoms with E-state index in [0.29, 0.717) is 54.2 Å². The summed E-state index contributed by atoms with van der Waals surface area (Å²) in [6, 6.07) is 29.5. The zero-order valence-corrected chi connectivity index (χ0v) is 29.6. The number of hydrogen-bond acceptors (Lipinski definition) is 8. The third kappa shape index (κ3) is 9.70. The lowest BCUT2D eigenvalue weighted by Gasteiger charge is -2.36. The lowest BCUT2D eigenvalue weighted by Crippen LogP contribution is -2.48. The number of carbonyl (C=O) groups is 1. The Labute approximate surface area is 303 Å². The Morgan fingerprint density at radius 2 is 1.62 bits per heavy atom. The summed E-state index contributed by atoms with van der Waals surface area (Å²) in [7, 11) is 4.39. The van der Waals surface area contributed by atoms with Crippen molar-refractivity contribution >= 4 is 22.7 Å². The minimum atomic E-state index is -0.813. The van der Waals surface area contributed by atoms with Crippen LogP contribution in [-0.2, 0) is 11.2 Å². The molecule has 1 aliphatic heterocycles. The van der Waals surface area contributed by atoms with Gasteiger partial charge in [-0.15, -0.1) is 0 Å². The van der Waals surface area contributed by atoms with Crippen molar-refractivity contribution in [3.8, 4) is 28.4 Å². The summed E-state index contributed by atoms with van der Waals surface area (Å²) < 4.78 is 18.7. The van der Waals surface area contributed by atoms with Crippen LogP contribution in [0, 0.1) is 0 Å². The molecule has 11 nitrogen and oxygen atoms in total. The van der Waals surface area contributed by atoms with Crippen molar-refractivity contribution in [2.24, 2.45) is 0 Å². The normalized spacial score (nSPS) is 14.8. The number of aromatic amines is 1. The molecule has 6 rings (SSSR count). The number of rotatable bonds is 14. The fourth-order valence-corrected chi connectivity index (χ4v) is 6.44. The topological polar surface area (TPSA) is 142 Å². The number of aliphatic hydroxyl groups excluding tert-OH is 1. The van der Waals surface area contributed by atoms with E-state index < -0.39 is 12.2 Å². The average molecular weight is 708 g/mol. The number of fused-ring (bicyclic) bond motifs is 1. The number of phenols is 1. The van der Waals surface area contributed by atoms with Crippen LogP contribution in [0.1, 0.15) is 30.1 Å². The van der Waals surface area contributed by atoms with Gasteiger partial charge in [-0.05, 0) is 66.1 Å². The molecule has 0 unspecified atom stereocenters. The molecule has 52 heavy (non-hydrogen) atoms. The molecule has 0 saturated carbocycles. The van der Waals surface area contributed by atoms with Gasteiger partial charge in [0, 0.05) is 42.5 Å². The Bertz CT molecular complexity index is 2000. The number of carbonyl (C=O) groups excluding carboxylic acids is 1. The number of aromatic hydroxyl groups is 1. The zero-order chi connectivity index (χ0) is 36.5. The molecule has 0 spiro atoms. The summed E-state index contributed by atoms with van der Waals surface area (Å²) in [6.07, 6.45) is 1.06. The van der Waals surface area contributed by atoms with Crippen molar-refractivity contribution in [1.82, 2.24) is 10.3 Å². The third-order valence-corrected chi connectivity index (χ3v) is 9.44. The average Bonchev–Trinajstić information content (AvgIpc) is 3.14. The van der Waals surface area contributed by atoms with Gasteiger partial charge in [-0.3, -0.25) is 10.1 Å². The molecule has 4 aromatic carbocycles. The van der Waals surface area contributed by atoms with Gasteiger partial charge in [0.25, 0.3) is 0 Å². The monoisotopic (exact) mass is 707 g/mol. The first-order valence-corrected chi connectivity index (χ1v) is 17.7. The lowest BCUT2D eigenvalue weighted by atomic mass is 10.0. The number of piperidine rings is 1. The van der Waals surface area contributed by atoms with Crippen LogP contribution in [0.15, 0.2) is 102 Å². The summed E-state index contributed by atoms with van der Waals surface area (Å²) >= 11 is 0. The quantitative estimate of drug-likeness (QED) is 0.0698. The molecule has 0 bridgehead atoms. The van der Waals surface area contributed by atoms with Crippen LogP contribution in [0.4, 0.5) is 10.5 Å². The van der Waals surface area contributed by atoms with Crippen molar-refractivity contribution in [3.63, 3.8) is 0 Å². The van der Waals surface area contributed by atoms with Crippen LogP contribution in [0.2, 0.25) is 0 Å². The van der Waals surface area contributed by atoms with Crippen LogP contribution in [0.5, 0.6) is 17.2 Å². The summed E-state index contributed by atoms with van der Waals surface area (Å²) in [4.78, 5) is 27.3. The lowest BCUT2D eigenvalue weighted by molar-refractivity contribution is -0.896. The van der Waals surface area contributed by atoms with Crippen LogP contribution < -0.4 is 25.7 Å². The maximum absolute atomic E-state index is 13.0. The molecule has 1 atom stereocenters. The highest BCUT2D eigenvalue weighted by atomic mass is 16.6. The van der Waals surface area contributed by atoms with Crippen LogP contribution >= 0.6 is 0 Å². The second-order valence-corrected chi connectivity index (χ2v) is 13.8. The summed E-state index contributed by atoms with van der Waals surface area (Å²) in [5.74, 6) is 1.30. The zero-order valence-electron chi connectivity index (χ0n) is 29.6. The van der Waals surface area contributed by atoms with Gasteiger partial charge in [0.15, 0.2) is 0 Å². The van der Waals surface area contributed by atoms with E-state index in [1.54, 1.807) is 12.1 Å². The van der Waals surface area contributed by atoms with E-state index in [1.165, 1.54) is 12.1 Å². The Morgan fingerprint density at radius 1 is 0.904 bits per heavy atom. The number of nitrogens with one attached hydrogen (secondary N) is 3. The molecule has 1 saturated heterocycles. The standard InChI is InChI=1S/C41H46N4O7/c1-45(2)22-19-31(20-23-45)52-41(49)43-36-26-32(12-13-33(36)29-6-4-3-5-7-29)51-25-24-50-30-10-8-28(9-11-30)18-21-42-27-38(47)34-14-16-37(46)40-35(34)15-17-39(48)44-40/h3-17,26,31,38,42,47H,18-25,27H2,1-2H3,(H2-,43,44,46,48,49)/p+1/t38-/m1/s1. The van der Waals surface area contributed by atoms with E-state index >= 15 is 0 Å². The van der Waals surface area contributed by atoms with Crippen molar-refractivity contribution in [1.29, 1.82) is 0 Å². The number of aromatic nitrogens is 1. The fourth-order valence-electron chi connectivity index (χ4n) is 6.44. The van der Waals surface area contributed by atoms with Crippen molar-refractivity contribution < 1.29 is 33.7 Å². The summed E-state index contributed by atoms with van der Waals surface area (Å²) in [5.41, 5.74) is 4.21. The molecule has 2 heterocycles. The smallest absolute Gasteiger partial charge is 0.411 e. The molecule has 5 aromatic rings. The molecular formula is C41H47N4O7+. The molecule has 11 heteroatoms. The number of benzene rings is 4. The number of quaternary nitrogens is 1.